The molecule has 0 aliphatic carbocycles. The molecular weight excluding hydrogens is 406 g/mol. The highest BCUT2D eigenvalue weighted by Crippen LogP contribution is 2.32. The molecule has 1 atom stereocenters. The molecule has 3 nitrogen and oxygen atoms in total. The molecule has 0 heterocycles. The van der Waals surface area contributed by atoms with Crippen molar-refractivity contribution in [1.29, 1.82) is 0 Å². The molecule has 0 radical (unpaired) electrons. The van der Waals surface area contributed by atoms with Crippen LogP contribution in [0, 0.1) is 6.92 Å². The summed E-state index contributed by atoms with van der Waals surface area (Å²) >= 11 is 6.01. The third kappa shape index (κ3) is 6.35. The topological polar surface area (TPSA) is 52.3 Å². The van der Waals surface area contributed by atoms with E-state index in [2.05, 4.69) is 26.0 Å². The Hall–Kier alpha value is -2.78. The number of primary amides is 1. The lowest BCUT2D eigenvalue weighted by molar-refractivity contribution is 0.1000. The number of carbonyl (C=O) groups is 1. The van der Waals surface area contributed by atoms with Crippen LogP contribution in [0.5, 0.6) is 5.75 Å². The van der Waals surface area contributed by atoms with Crippen molar-refractivity contribution in [1.82, 2.24) is 0 Å². The maximum Gasteiger partial charge on any atom is 0.248 e. The fourth-order valence-corrected chi connectivity index (χ4v) is 3.79. The average Bonchev–Trinajstić information content (AvgIpc) is 2.77. The van der Waals surface area contributed by atoms with Gasteiger partial charge in [-0.15, -0.1) is 0 Å². The summed E-state index contributed by atoms with van der Waals surface area (Å²) in [6.45, 7) is 4.28. The van der Waals surface area contributed by atoms with Gasteiger partial charge >= 0.3 is 0 Å². The second-order valence-corrected chi connectivity index (χ2v) is 8.37. The number of amides is 1. The third-order valence-corrected chi connectivity index (χ3v) is 5.76. The maximum atomic E-state index is 11.4. The second-order valence-electron chi connectivity index (χ2n) is 7.93. The highest BCUT2D eigenvalue weighted by atomic mass is 35.5. The zero-order valence-electron chi connectivity index (χ0n) is 18.2. The molecule has 3 rings (SSSR count). The van der Waals surface area contributed by atoms with E-state index in [9.17, 15) is 4.79 Å². The van der Waals surface area contributed by atoms with Crippen LogP contribution >= 0.6 is 11.6 Å². The van der Waals surface area contributed by atoms with E-state index in [1.165, 1.54) is 19.3 Å². The first kappa shape index (κ1) is 22.9. The van der Waals surface area contributed by atoms with E-state index < -0.39 is 5.91 Å². The van der Waals surface area contributed by atoms with Gasteiger partial charge < -0.3 is 10.5 Å². The van der Waals surface area contributed by atoms with Crippen LogP contribution in [0.15, 0.2) is 66.7 Å². The van der Waals surface area contributed by atoms with E-state index in [-0.39, 0.29) is 6.10 Å². The number of ether oxygens (including phenoxy) is 1. The first-order chi connectivity index (χ1) is 15.0. The largest absolute Gasteiger partial charge is 0.485 e. The quantitative estimate of drug-likeness (QED) is 0.335. The van der Waals surface area contributed by atoms with Gasteiger partial charge in [0, 0.05) is 10.6 Å². The molecule has 1 amide bonds. The zero-order chi connectivity index (χ0) is 22.2. The number of hydrogen-bond acceptors (Lipinski definition) is 2. The summed E-state index contributed by atoms with van der Waals surface area (Å²) in [5.41, 5.74) is 10.3. The van der Waals surface area contributed by atoms with Crippen LogP contribution in [-0.4, -0.2) is 5.91 Å². The lowest BCUT2D eigenvalue weighted by Gasteiger charge is -2.22. The molecule has 4 heteroatoms. The van der Waals surface area contributed by atoms with Crippen molar-refractivity contribution in [3.8, 4) is 16.9 Å². The van der Waals surface area contributed by atoms with E-state index >= 15 is 0 Å². The van der Waals surface area contributed by atoms with E-state index in [4.69, 9.17) is 22.1 Å². The van der Waals surface area contributed by atoms with Crippen LogP contribution in [-0.2, 0) is 0 Å². The van der Waals surface area contributed by atoms with Crippen molar-refractivity contribution >= 4 is 17.5 Å². The summed E-state index contributed by atoms with van der Waals surface area (Å²) in [5, 5.41) is 0.730. The van der Waals surface area contributed by atoms with E-state index in [0.29, 0.717) is 5.56 Å². The first-order valence-electron chi connectivity index (χ1n) is 10.9. The fourth-order valence-electron chi connectivity index (χ4n) is 3.67. The van der Waals surface area contributed by atoms with Gasteiger partial charge in [0.1, 0.15) is 11.9 Å². The van der Waals surface area contributed by atoms with Crippen LogP contribution in [0.1, 0.15) is 66.6 Å². The van der Waals surface area contributed by atoms with Gasteiger partial charge in [0.15, 0.2) is 0 Å². The van der Waals surface area contributed by atoms with Crippen molar-refractivity contribution in [3.05, 3.63) is 88.4 Å². The molecule has 0 spiro atoms. The van der Waals surface area contributed by atoms with Gasteiger partial charge in [-0.3, -0.25) is 4.79 Å². The summed E-state index contributed by atoms with van der Waals surface area (Å²) in [4.78, 5) is 11.4. The van der Waals surface area contributed by atoms with Crippen molar-refractivity contribution in [2.24, 2.45) is 5.73 Å². The van der Waals surface area contributed by atoms with Gasteiger partial charge in [-0.05, 0) is 78.4 Å². The van der Waals surface area contributed by atoms with Crippen molar-refractivity contribution in [2.45, 2.75) is 52.1 Å². The van der Waals surface area contributed by atoms with E-state index in [0.717, 1.165) is 45.9 Å². The third-order valence-electron chi connectivity index (χ3n) is 5.51. The Bertz CT molecular complexity index is 997. The van der Waals surface area contributed by atoms with Crippen LogP contribution < -0.4 is 10.5 Å². The number of carbonyl (C=O) groups excluding carboxylic acids is 1. The molecule has 0 saturated carbocycles. The number of rotatable bonds is 10. The highest BCUT2D eigenvalue weighted by molar-refractivity contribution is 6.30. The second kappa shape index (κ2) is 11.0. The molecule has 0 aromatic heterocycles. The number of nitrogens with two attached hydrogens (primary N) is 1. The van der Waals surface area contributed by atoms with Crippen LogP contribution in [0.2, 0.25) is 5.02 Å². The van der Waals surface area contributed by atoms with Crippen molar-refractivity contribution in [2.75, 3.05) is 0 Å². The highest BCUT2D eigenvalue weighted by Gasteiger charge is 2.16. The maximum absolute atomic E-state index is 11.4. The van der Waals surface area contributed by atoms with Crippen molar-refractivity contribution in [3.63, 3.8) is 0 Å². The molecule has 0 bridgehead atoms. The standard InChI is InChI=1S/C27H30ClNO2/c1-3-4-5-6-7-26(21-8-10-22(11-9-21)27(29)30)31-25-17-14-23(18-19(25)2)20-12-15-24(28)16-13-20/h8-18,26H,3-7H2,1-2H3,(H2,29,30). The zero-order valence-corrected chi connectivity index (χ0v) is 19.0. The minimum atomic E-state index is -0.416. The van der Waals surface area contributed by atoms with Gasteiger partial charge in [-0.25, -0.2) is 0 Å². The van der Waals surface area contributed by atoms with Gasteiger partial charge in [-0.2, -0.15) is 0 Å². The monoisotopic (exact) mass is 435 g/mol. The molecule has 0 aliphatic rings. The van der Waals surface area contributed by atoms with Gasteiger partial charge in [0.05, 0.1) is 0 Å². The number of unbranched alkanes of at least 4 members (excludes halogenated alkanes) is 3. The fraction of sp³-hybridized carbons (Fsp3) is 0.296. The first-order valence-corrected chi connectivity index (χ1v) is 11.3. The molecule has 0 saturated heterocycles. The number of halogens is 1. The predicted octanol–water partition coefficient (Wildman–Crippen LogP) is 7.50. The number of hydrogen-bond donors (Lipinski definition) is 1. The minimum Gasteiger partial charge on any atom is -0.485 e. The lowest BCUT2D eigenvalue weighted by atomic mass is 10.00. The Morgan fingerprint density at radius 1 is 0.935 bits per heavy atom. The number of aryl methyl sites for hydroxylation is 1. The Morgan fingerprint density at radius 3 is 2.23 bits per heavy atom. The van der Waals surface area contributed by atoms with E-state index in [1.54, 1.807) is 12.1 Å². The molecule has 31 heavy (non-hydrogen) atoms. The molecule has 3 aromatic rings. The van der Waals surface area contributed by atoms with Gasteiger partial charge in [-0.1, -0.05) is 68.1 Å². The number of benzene rings is 3. The van der Waals surface area contributed by atoms with E-state index in [1.807, 2.05) is 42.5 Å². The molecule has 0 fully saturated rings. The summed E-state index contributed by atoms with van der Waals surface area (Å²) in [7, 11) is 0. The minimum absolute atomic E-state index is 0.0705. The Morgan fingerprint density at radius 2 is 1.61 bits per heavy atom. The molecule has 162 valence electrons. The molecule has 0 aliphatic heterocycles. The average molecular weight is 436 g/mol. The molecule has 3 aromatic carbocycles. The van der Waals surface area contributed by atoms with Crippen molar-refractivity contribution < 1.29 is 9.53 Å². The Balaban J connectivity index is 1.80. The normalized spacial score (nSPS) is 11.8. The summed E-state index contributed by atoms with van der Waals surface area (Å²) in [5.74, 6) is 0.456. The van der Waals surface area contributed by atoms with Crippen LogP contribution in [0.3, 0.4) is 0 Å². The SMILES string of the molecule is CCCCCCC(Oc1ccc(-c2ccc(Cl)cc2)cc1C)c1ccc(C(N)=O)cc1. The van der Waals surface area contributed by atoms with Gasteiger partial charge in [0.25, 0.3) is 0 Å². The summed E-state index contributed by atoms with van der Waals surface area (Å²) in [6.07, 6.45) is 5.56. The van der Waals surface area contributed by atoms with Crippen LogP contribution in [0.4, 0.5) is 0 Å². The Labute approximate surface area is 190 Å². The summed E-state index contributed by atoms with van der Waals surface area (Å²) in [6, 6.07) is 21.5. The molecular formula is C27H30ClNO2. The molecule has 2 N–H and O–H groups in total. The summed E-state index contributed by atoms with van der Waals surface area (Å²) < 4.78 is 6.48. The lowest BCUT2D eigenvalue weighted by Crippen LogP contribution is -2.12. The van der Waals surface area contributed by atoms with Crippen LogP contribution in [0.25, 0.3) is 11.1 Å². The van der Waals surface area contributed by atoms with Gasteiger partial charge in [0.2, 0.25) is 5.91 Å². The smallest absolute Gasteiger partial charge is 0.248 e. The molecule has 1 unspecified atom stereocenters. The predicted molar refractivity (Wildman–Crippen MR) is 129 cm³/mol. The Kier molecular flexibility index (Phi) is 8.13.